The summed E-state index contributed by atoms with van der Waals surface area (Å²) in [6.07, 6.45) is 0. The van der Waals surface area contributed by atoms with Gasteiger partial charge in [-0.05, 0) is 78.6 Å². The minimum Gasteiger partial charge on any atom is -0.350 e. The van der Waals surface area contributed by atoms with Crippen molar-refractivity contribution in [3.63, 3.8) is 0 Å². The van der Waals surface area contributed by atoms with Crippen LogP contribution in [-0.2, 0) is 0 Å². The van der Waals surface area contributed by atoms with E-state index in [-0.39, 0.29) is 38.8 Å². The molecule has 0 saturated heterocycles. The van der Waals surface area contributed by atoms with E-state index in [0.29, 0.717) is 0 Å². The maximum absolute atomic E-state index is 12.3. The standard InChI is InChI=1S/2C15H18N2O.2C2H6.2CH4/c2*1-9(2)16-15(18)14-10(3)11(4)17-13-8-6-5-7-12(13)14;2*1-2;;/h2*5-9H,1-4H3,(H,16,18);2*1-2H3;2*1H4. The number of rotatable bonds is 4. The molecule has 0 aliphatic rings. The summed E-state index contributed by atoms with van der Waals surface area (Å²) in [7, 11) is 0. The zero-order chi connectivity index (χ0) is 30.6. The Kier molecular flexibility index (Phi) is 18.6. The molecule has 0 saturated carbocycles. The fourth-order valence-electron chi connectivity index (χ4n) is 4.11. The van der Waals surface area contributed by atoms with E-state index in [0.717, 1.165) is 55.4 Å². The molecule has 2 N–H and O–H groups in total. The molecule has 0 aliphatic heterocycles. The van der Waals surface area contributed by atoms with Crippen LogP contribution in [0.4, 0.5) is 0 Å². The van der Waals surface area contributed by atoms with E-state index in [2.05, 4.69) is 20.6 Å². The molecule has 4 aromatic rings. The van der Waals surface area contributed by atoms with Gasteiger partial charge in [-0.2, -0.15) is 0 Å². The summed E-state index contributed by atoms with van der Waals surface area (Å²) in [4.78, 5) is 33.6. The zero-order valence-electron chi connectivity index (χ0n) is 26.5. The van der Waals surface area contributed by atoms with E-state index in [9.17, 15) is 9.59 Å². The molecule has 2 heterocycles. The fourth-order valence-corrected chi connectivity index (χ4v) is 4.11. The predicted octanol–water partition coefficient (Wildman–Crippen LogP) is 9.30. The first-order valence-corrected chi connectivity index (χ1v) is 14.3. The number of hydrogen-bond donors (Lipinski definition) is 2. The SMILES string of the molecule is C.C.CC.CC.Cc1nc2ccccc2c(C(=O)NC(C)C)c1C.Cc1nc2ccccc2c(C(=O)NC(C)C)c1C. The van der Waals surface area contributed by atoms with Gasteiger partial charge in [0.15, 0.2) is 0 Å². The highest BCUT2D eigenvalue weighted by molar-refractivity contribution is 6.08. The van der Waals surface area contributed by atoms with Gasteiger partial charge in [0.1, 0.15) is 0 Å². The van der Waals surface area contributed by atoms with E-state index in [4.69, 9.17) is 0 Å². The molecule has 2 aromatic heterocycles. The molecule has 0 unspecified atom stereocenters. The molecular weight excluding hydrogens is 520 g/mol. The lowest BCUT2D eigenvalue weighted by Crippen LogP contribution is -2.31. The molecule has 6 heteroatoms. The van der Waals surface area contributed by atoms with Crippen molar-refractivity contribution in [3.8, 4) is 0 Å². The van der Waals surface area contributed by atoms with E-state index in [1.165, 1.54) is 0 Å². The maximum Gasteiger partial charge on any atom is 0.252 e. The second-order valence-corrected chi connectivity index (χ2v) is 9.69. The largest absolute Gasteiger partial charge is 0.350 e. The van der Waals surface area contributed by atoms with Crippen molar-refractivity contribution < 1.29 is 9.59 Å². The van der Waals surface area contributed by atoms with E-state index in [1.807, 2.05) is 132 Å². The molecule has 6 nitrogen and oxygen atoms in total. The van der Waals surface area contributed by atoms with E-state index < -0.39 is 0 Å². The van der Waals surface area contributed by atoms with Gasteiger partial charge in [-0.25, -0.2) is 0 Å². The van der Waals surface area contributed by atoms with Gasteiger partial charge in [0.25, 0.3) is 11.8 Å². The lowest BCUT2D eigenvalue weighted by molar-refractivity contribution is 0.0935. The van der Waals surface area contributed by atoms with Crippen LogP contribution in [0.3, 0.4) is 0 Å². The first-order chi connectivity index (χ1) is 19.0. The molecule has 0 bridgehead atoms. The fraction of sp³-hybridized carbons (Fsp3) is 0.444. The summed E-state index contributed by atoms with van der Waals surface area (Å²) >= 11 is 0. The molecule has 0 fully saturated rings. The van der Waals surface area contributed by atoms with Crippen LogP contribution >= 0.6 is 0 Å². The smallest absolute Gasteiger partial charge is 0.252 e. The number of nitrogens with zero attached hydrogens (tertiary/aromatic N) is 2. The molecule has 2 aromatic carbocycles. The number of carbonyl (C=O) groups excluding carboxylic acids is 2. The minimum absolute atomic E-state index is 0. The number of benzene rings is 2. The van der Waals surface area contributed by atoms with Crippen LogP contribution in [-0.4, -0.2) is 33.9 Å². The number of nitrogens with one attached hydrogen (secondary N) is 2. The van der Waals surface area contributed by atoms with Gasteiger partial charge in [0.05, 0.1) is 22.2 Å². The van der Waals surface area contributed by atoms with Gasteiger partial charge in [0.2, 0.25) is 0 Å². The Morgan fingerprint density at radius 2 is 0.857 bits per heavy atom. The van der Waals surface area contributed by atoms with Crippen molar-refractivity contribution in [2.24, 2.45) is 0 Å². The van der Waals surface area contributed by atoms with Crippen molar-refractivity contribution in [2.75, 3.05) is 0 Å². The van der Waals surface area contributed by atoms with Gasteiger partial charge in [0, 0.05) is 34.2 Å². The Balaban J connectivity index is 0. The number of fused-ring (bicyclic) bond motifs is 2. The average Bonchev–Trinajstić information content (AvgIpc) is 2.92. The molecule has 0 atom stereocenters. The Hall–Kier alpha value is -3.80. The van der Waals surface area contributed by atoms with Crippen molar-refractivity contribution in [2.45, 2.75) is 110 Å². The maximum atomic E-state index is 12.3. The molecule has 0 radical (unpaired) electrons. The summed E-state index contributed by atoms with van der Waals surface area (Å²) in [5.41, 5.74) is 6.94. The van der Waals surface area contributed by atoms with Crippen molar-refractivity contribution in [1.29, 1.82) is 0 Å². The third-order valence-electron chi connectivity index (χ3n) is 6.05. The molecule has 42 heavy (non-hydrogen) atoms. The van der Waals surface area contributed by atoms with Gasteiger partial charge in [-0.1, -0.05) is 78.9 Å². The minimum atomic E-state index is -0.0239. The summed E-state index contributed by atoms with van der Waals surface area (Å²) in [6.45, 7) is 23.6. The van der Waals surface area contributed by atoms with Crippen LogP contribution in [0, 0.1) is 27.7 Å². The molecule has 232 valence electrons. The second kappa shape index (κ2) is 19.3. The highest BCUT2D eigenvalue weighted by atomic mass is 16.2. The molecule has 0 spiro atoms. The molecule has 4 rings (SSSR count). The monoisotopic (exact) mass is 576 g/mol. The lowest BCUT2D eigenvalue weighted by atomic mass is 10.0. The number of para-hydroxylation sites is 2. The van der Waals surface area contributed by atoms with Gasteiger partial charge in [-0.15, -0.1) is 0 Å². The van der Waals surface area contributed by atoms with Crippen LogP contribution in [0.2, 0.25) is 0 Å². The highest BCUT2D eigenvalue weighted by Crippen LogP contribution is 2.24. The number of aromatic nitrogens is 2. The first-order valence-electron chi connectivity index (χ1n) is 14.3. The Morgan fingerprint density at radius 3 is 1.14 bits per heavy atom. The number of aryl methyl sites for hydroxylation is 2. The van der Waals surface area contributed by atoms with Gasteiger partial charge < -0.3 is 10.6 Å². The average molecular weight is 577 g/mol. The highest BCUT2D eigenvalue weighted by Gasteiger charge is 2.17. The van der Waals surface area contributed by atoms with Crippen LogP contribution in [0.1, 0.15) is 113 Å². The Morgan fingerprint density at radius 1 is 0.571 bits per heavy atom. The quantitative estimate of drug-likeness (QED) is 0.253. The van der Waals surface area contributed by atoms with E-state index in [1.54, 1.807) is 0 Å². The predicted molar refractivity (Wildman–Crippen MR) is 184 cm³/mol. The third kappa shape index (κ3) is 10.2. The normalized spacial score (nSPS) is 9.67. The van der Waals surface area contributed by atoms with Crippen LogP contribution in [0.5, 0.6) is 0 Å². The summed E-state index contributed by atoms with van der Waals surface area (Å²) in [5.74, 6) is -0.0478. The van der Waals surface area contributed by atoms with Crippen molar-refractivity contribution in [1.82, 2.24) is 20.6 Å². The Bertz CT molecular complexity index is 1320. The van der Waals surface area contributed by atoms with Crippen LogP contribution < -0.4 is 10.6 Å². The second-order valence-electron chi connectivity index (χ2n) is 9.69. The van der Waals surface area contributed by atoms with E-state index >= 15 is 0 Å². The Labute approximate surface area is 255 Å². The van der Waals surface area contributed by atoms with Gasteiger partial charge in [-0.3, -0.25) is 19.6 Å². The van der Waals surface area contributed by atoms with Crippen LogP contribution in [0.15, 0.2) is 48.5 Å². The first kappa shape index (κ1) is 40.3. The molecular formula is C36H56N4O2. The van der Waals surface area contributed by atoms with Crippen LogP contribution in [0.25, 0.3) is 21.8 Å². The lowest BCUT2D eigenvalue weighted by Gasteiger charge is -2.14. The number of hydrogen-bond acceptors (Lipinski definition) is 4. The number of carbonyl (C=O) groups is 2. The summed E-state index contributed by atoms with van der Waals surface area (Å²) in [6, 6.07) is 15.8. The topological polar surface area (TPSA) is 84.0 Å². The summed E-state index contributed by atoms with van der Waals surface area (Å²) < 4.78 is 0. The molecule has 0 aliphatic carbocycles. The van der Waals surface area contributed by atoms with Crippen molar-refractivity contribution in [3.05, 3.63) is 82.2 Å². The zero-order valence-corrected chi connectivity index (χ0v) is 26.5. The third-order valence-corrected chi connectivity index (χ3v) is 6.05. The van der Waals surface area contributed by atoms with Crippen molar-refractivity contribution >= 4 is 33.6 Å². The summed E-state index contributed by atoms with van der Waals surface area (Å²) in [5, 5.41) is 7.74. The molecule has 2 amide bonds. The number of pyridine rings is 2. The number of amides is 2. The van der Waals surface area contributed by atoms with Gasteiger partial charge >= 0.3 is 0 Å².